The van der Waals surface area contributed by atoms with Crippen LogP contribution in [-0.2, 0) is 0 Å². The average molecular weight is 195 g/mol. The van der Waals surface area contributed by atoms with Crippen molar-refractivity contribution in [3.63, 3.8) is 0 Å². The molecule has 2 N–H and O–H groups in total. The van der Waals surface area contributed by atoms with Crippen molar-refractivity contribution in [3.05, 3.63) is 12.2 Å². The van der Waals surface area contributed by atoms with Crippen LogP contribution in [-0.4, -0.2) is 43.8 Å². The molecule has 0 aliphatic carbocycles. The Morgan fingerprint density at radius 1 is 1.21 bits per heavy atom. The smallest absolute Gasteiger partial charge is 0.0611 e. The zero-order valence-electron chi connectivity index (χ0n) is 8.89. The molecule has 0 unspecified atom stereocenters. The quantitative estimate of drug-likeness (QED) is 0.641. The maximum absolute atomic E-state index is 4.16. The highest BCUT2D eigenvalue weighted by molar-refractivity contribution is 5.01. The van der Waals surface area contributed by atoms with Gasteiger partial charge >= 0.3 is 0 Å². The summed E-state index contributed by atoms with van der Waals surface area (Å²) in [6.07, 6.45) is 4.29. The SMILES string of the molecule is C=C(CC1NCCN1)CN1CCCC1. The van der Waals surface area contributed by atoms with Crippen molar-refractivity contribution in [1.29, 1.82) is 0 Å². The van der Waals surface area contributed by atoms with Crippen LogP contribution in [0.3, 0.4) is 0 Å². The van der Waals surface area contributed by atoms with Gasteiger partial charge in [0.05, 0.1) is 6.17 Å². The van der Waals surface area contributed by atoms with E-state index in [1.54, 1.807) is 0 Å². The maximum Gasteiger partial charge on any atom is 0.0611 e. The van der Waals surface area contributed by atoms with Gasteiger partial charge in [0, 0.05) is 19.6 Å². The molecule has 0 atom stereocenters. The van der Waals surface area contributed by atoms with Crippen molar-refractivity contribution in [2.75, 3.05) is 32.7 Å². The predicted molar refractivity (Wildman–Crippen MR) is 59.2 cm³/mol. The fraction of sp³-hybridized carbons (Fsp3) is 0.818. The highest BCUT2D eigenvalue weighted by atomic mass is 15.2. The zero-order valence-corrected chi connectivity index (χ0v) is 8.89. The average Bonchev–Trinajstić information content (AvgIpc) is 2.76. The number of hydrogen-bond acceptors (Lipinski definition) is 3. The summed E-state index contributed by atoms with van der Waals surface area (Å²) in [5.74, 6) is 0. The molecule has 2 saturated heterocycles. The molecule has 2 aliphatic rings. The van der Waals surface area contributed by atoms with Gasteiger partial charge in [0.2, 0.25) is 0 Å². The predicted octanol–water partition coefficient (Wildman–Crippen LogP) is 0.547. The molecule has 80 valence electrons. The second-order valence-corrected chi connectivity index (χ2v) is 4.40. The van der Waals surface area contributed by atoms with Crippen molar-refractivity contribution < 1.29 is 0 Å². The van der Waals surface area contributed by atoms with E-state index in [1.165, 1.54) is 31.5 Å². The van der Waals surface area contributed by atoms with Crippen molar-refractivity contribution in [2.24, 2.45) is 0 Å². The first kappa shape index (κ1) is 10.1. The Morgan fingerprint density at radius 2 is 1.86 bits per heavy atom. The molecule has 2 fully saturated rings. The van der Waals surface area contributed by atoms with Gasteiger partial charge in [-0.1, -0.05) is 12.2 Å². The van der Waals surface area contributed by atoms with E-state index in [4.69, 9.17) is 0 Å². The molecular formula is C11H21N3. The van der Waals surface area contributed by atoms with Crippen molar-refractivity contribution in [2.45, 2.75) is 25.4 Å². The van der Waals surface area contributed by atoms with Crippen LogP contribution < -0.4 is 10.6 Å². The highest BCUT2D eigenvalue weighted by Gasteiger charge is 2.16. The Labute approximate surface area is 86.5 Å². The summed E-state index contributed by atoms with van der Waals surface area (Å²) in [4.78, 5) is 2.51. The molecule has 0 aromatic heterocycles. The summed E-state index contributed by atoms with van der Waals surface area (Å²) in [6, 6.07) is 0. The Kier molecular flexibility index (Phi) is 3.56. The first-order valence-electron chi connectivity index (χ1n) is 5.70. The second-order valence-electron chi connectivity index (χ2n) is 4.40. The fourth-order valence-corrected chi connectivity index (χ4v) is 2.32. The molecule has 0 bridgehead atoms. The van der Waals surface area contributed by atoms with E-state index in [2.05, 4.69) is 22.1 Å². The number of nitrogens with zero attached hydrogens (tertiary/aromatic N) is 1. The van der Waals surface area contributed by atoms with Gasteiger partial charge in [-0.3, -0.25) is 4.90 Å². The summed E-state index contributed by atoms with van der Waals surface area (Å²) >= 11 is 0. The molecular weight excluding hydrogens is 174 g/mol. The van der Waals surface area contributed by atoms with Gasteiger partial charge < -0.3 is 10.6 Å². The Morgan fingerprint density at radius 3 is 2.50 bits per heavy atom. The number of nitrogens with one attached hydrogen (secondary N) is 2. The lowest BCUT2D eigenvalue weighted by atomic mass is 10.1. The first-order chi connectivity index (χ1) is 6.84. The van der Waals surface area contributed by atoms with Gasteiger partial charge in [0.25, 0.3) is 0 Å². The number of rotatable bonds is 4. The normalized spacial score (nSPS) is 24.6. The third-order valence-electron chi connectivity index (χ3n) is 3.05. The molecule has 0 saturated carbocycles. The van der Waals surface area contributed by atoms with E-state index in [0.717, 1.165) is 26.1 Å². The summed E-state index contributed by atoms with van der Waals surface area (Å²) in [7, 11) is 0. The largest absolute Gasteiger partial charge is 0.300 e. The summed E-state index contributed by atoms with van der Waals surface area (Å²) in [6.45, 7) is 9.99. The molecule has 0 aromatic carbocycles. The van der Waals surface area contributed by atoms with Crippen LogP contribution in [0.1, 0.15) is 19.3 Å². The van der Waals surface area contributed by atoms with E-state index in [-0.39, 0.29) is 0 Å². The number of hydrogen-bond donors (Lipinski definition) is 2. The van der Waals surface area contributed by atoms with Crippen LogP contribution >= 0.6 is 0 Å². The molecule has 0 spiro atoms. The van der Waals surface area contributed by atoms with Crippen LogP contribution in [0.4, 0.5) is 0 Å². The van der Waals surface area contributed by atoms with Gasteiger partial charge in [-0.2, -0.15) is 0 Å². The minimum atomic E-state index is 0.477. The Balaban J connectivity index is 1.66. The fourth-order valence-electron chi connectivity index (χ4n) is 2.32. The molecule has 14 heavy (non-hydrogen) atoms. The molecule has 0 radical (unpaired) electrons. The molecule has 3 heteroatoms. The lowest BCUT2D eigenvalue weighted by Gasteiger charge is -2.18. The van der Waals surface area contributed by atoms with E-state index in [1.807, 2.05) is 0 Å². The van der Waals surface area contributed by atoms with Crippen LogP contribution in [0.15, 0.2) is 12.2 Å². The van der Waals surface area contributed by atoms with Gasteiger partial charge in [-0.15, -0.1) is 0 Å². The van der Waals surface area contributed by atoms with Gasteiger partial charge in [-0.25, -0.2) is 0 Å². The summed E-state index contributed by atoms with van der Waals surface area (Å²) in [5.41, 5.74) is 1.36. The third-order valence-corrected chi connectivity index (χ3v) is 3.05. The van der Waals surface area contributed by atoms with E-state index >= 15 is 0 Å². The van der Waals surface area contributed by atoms with Crippen LogP contribution in [0.25, 0.3) is 0 Å². The van der Waals surface area contributed by atoms with Gasteiger partial charge in [0.1, 0.15) is 0 Å². The lowest BCUT2D eigenvalue weighted by molar-refractivity contribution is 0.359. The first-order valence-corrected chi connectivity index (χ1v) is 5.70. The second kappa shape index (κ2) is 4.91. The third kappa shape index (κ3) is 2.80. The minimum Gasteiger partial charge on any atom is -0.300 e. The monoisotopic (exact) mass is 195 g/mol. The van der Waals surface area contributed by atoms with Gasteiger partial charge in [0.15, 0.2) is 0 Å². The topological polar surface area (TPSA) is 27.3 Å². The Bertz CT molecular complexity index is 171. The molecule has 2 heterocycles. The van der Waals surface area contributed by atoms with Crippen LogP contribution in [0, 0.1) is 0 Å². The molecule has 2 rings (SSSR count). The van der Waals surface area contributed by atoms with E-state index in [9.17, 15) is 0 Å². The highest BCUT2D eigenvalue weighted by Crippen LogP contribution is 2.12. The molecule has 3 nitrogen and oxygen atoms in total. The van der Waals surface area contributed by atoms with Crippen LogP contribution in [0.5, 0.6) is 0 Å². The van der Waals surface area contributed by atoms with Crippen molar-refractivity contribution >= 4 is 0 Å². The van der Waals surface area contributed by atoms with Crippen molar-refractivity contribution in [3.8, 4) is 0 Å². The van der Waals surface area contributed by atoms with E-state index in [0.29, 0.717) is 6.17 Å². The summed E-state index contributed by atoms with van der Waals surface area (Å²) in [5, 5.41) is 6.84. The zero-order chi connectivity index (χ0) is 9.80. The molecule has 0 aromatic rings. The standard InChI is InChI=1S/C11H21N3/c1-10(8-11-12-4-5-13-11)9-14-6-2-3-7-14/h11-13H,1-9H2. The van der Waals surface area contributed by atoms with Crippen molar-refractivity contribution in [1.82, 2.24) is 15.5 Å². The number of likely N-dealkylation sites (tertiary alicyclic amines) is 1. The van der Waals surface area contributed by atoms with E-state index < -0.39 is 0 Å². The molecule has 0 amide bonds. The minimum absolute atomic E-state index is 0.477. The summed E-state index contributed by atoms with van der Waals surface area (Å²) < 4.78 is 0. The van der Waals surface area contributed by atoms with Gasteiger partial charge in [-0.05, 0) is 32.4 Å². The maximum atomic E-state index is 4.16. The van der Waals surface area contributed by atoms with Crippen LogP contribution in [0.2, 0.25) is 0 Å². The lowest BCUT2D eigenvalue weighted by Crippen LogP contribution is -2.33. The Hall–Kier alpha value is -0.380. The molecule has 2 aliphatic heterocycles.